The number of rotatable bonds is 7. The maximum atomic E-state index is 12.0. The summed E-state index contributed by atoms with van der Waals surface area (Å²) in [5.41, 5.74) is 1.63. The minimum atomic E-state index is -3.08. The quantitative estimate of drug-likeness (QED) is 0.765. The fraction of sp³-hybridized carbons (Fsp3) is 0.588. The summed E-state index contributed by atoms with van der Waals surface area (Å²) in [5.74, 6) is 0.686. The Bertz CT molecular complexity index is 628. The van der Waals surface area contributed by atoms with Crippen LogP contribution in [0.4, 0.5) is 0 Å². The maximum Gasteiger partial charge on any atom is 0.220 e. The largest absolute Gasteiger partial charge is 0.352 e. The monoisotopic (exact) mass is 374 g/mol. The van der Waals surface area contributed by atoms with E-state index in [1.807, 2.05) is 18.2 Å². The lowest BCUT2D eigenvalue weighted by Gasteiger charge is -2.22. The molecule has 2 N–H and O–H groups in total. The molecule has 0 spiro atoms. The van der Waals surface area contributed by atoms with E-state index < -0.39 is 9.84 Å². The van der Waals surface area contributed by atoms with Crippen LogP contribution in [0.25, 0.3) is 0 Å². The van der Waals surface area contributed by atoms with Crippen LogP contribution < -0.4 is 10.6 Å². The van der Waals surface area contributed by atoms with E-state index >= 15 is 0 Å². The van der Waals surface area contributed by atoms with Gasteiger partial charge in [0.15, 0.2) is 9.84 Å². The van der Waals surface area contributed by atoms with Crippen molar-refractivity contribution in [3.05, 3.63) is 35.4 Å². The second-order valence-electron chi connectivity index (χ2n) is 6.35. The van der Waals surface area contributed by atoms with Gasteiger partial charge in [-0.1, -0.05) is 24.3 Å². The van der Waals surface area contributed by atoms with Gasteiger partial charge in [-0.15, -0.1) is 12.4 Å². The van der Waals surface area contributed by atoms with Gasteiger partial charge in [-0.25, -0.2) is 8.42 Å². The van der Waals surface area contributed by atoms with E-state index in [-0.39, 0.29) is 24.1 Å². The van der Waals surface area contributed by atoms with Gasteiger partial charge < -0.3 is 10.6 Å². The molecule has 7 heteroatoms. The van der Waals surface area contributed by atoms with Crippen molar-refractivity contribution in [2.24, 2.45) is 5.92 Å². The van der Waals surface area contributed by atoms with Gasteiger partial charge >= 0.3 is 0 Å². The van der Waals surface area contributed by atoms with Gasteiger partial charge in [-0.05, 0) is 49.4 Å². The Morgan fingerprint density at radius 3 is 2.46 bits per heavy atom. The number of benzene rings is 1. The van der Waals surface area contributed by atoms with E-state index in [2.05, 4.69) is 10.6 Å². The summed E-state index contributed by atoms with van der Waals surface area (Å²) in [6.07, 6.45) is 4.98. The molecule has 0 saturated carbocycles. The second kappa shape index (κ2) is 10.0. The summed E-state index contributed by atoms with van der Waals surface area (Å²) >= 11 is 0. The van der Waals surface area contributed by atoms with E-state index in [1.54, 1.807) is 6.07 Å². The van der Waals surface area contributed by atoms with Gasteiger partial charge in [-0.3, -0.25) is 4.79 Å². The maximum absolute atomic E-state index is 12.0. The molecule has 0 aromatic heterocycles. The molecule has 5 nitrogen and oxygen atoms in total. The fourth-order valence-electron chi connectivity index (χ4n) is 2.94. The number of nitrogens with one attached hydrogen (secondary N) is 2. The minimum Gasteiger partial charge on any atom is -0.352 e. The zero-order chi connectivity index (χ0) is 16.7. The third-order valence-electron chi connectivity index (χ3n) is 4.25. The minimum absolute atomic E-state index is 0. The van der Waals surface area contributed by atoms with Crippen molar-refractivity contribution in [1.82, 2.24) is 10.6 Å². The van der Waals surface area contributed by atoms with Gasteiger partial charge in [0.05, 0.1) is 5.75 Å². The van der Waals surface area contributed by atoms with Gasteiger partial charge in [0.1, 0.15) is 0 Å². The average molecular weight is 375 g/mol. The summed E-state index contributed by atoms with van der Waals surface area (Å²) in [4.78, 5) is 12.0. The van der Waals surface area contributed by atoms with E-state index in [0.29, 0.717) is 18.9 Å². The average Bonchev–Trinajstić information content (AvgIpc) is 2.51. The first-order chi connectivity index (χ1) is 10.9. The molecule has 1 saturated heterocycles. The molecule has 2 rings (SSSR count). The van der Waals surface area contributed by atoms with Crippen molar-refractivity contribution in [2.75, 3.05) is 19.3 Å². The molecule has 0 atom stereocenters. The van der Waals surface area contributed by atoms with Crippen LogP contribution in [0, 0.1) is 5.92 Å². The van der Waals surface area contributed by atoms with Gasteiger partial charge in [0.25, 0.3) is 0 Å². The number of hydrogen-bond donors (Lipinski definition) is 2. The second-order valence-corrected chi connectivity index (χ2v) is 8.49. The number of hydrogen-bond acceptors (Lipinski definition) is 4. The van der Waals surface area contributed by atoms with E-state index in [0.717, 1.165) is 43.5 Å². The number of amides is 1. The lowest BCUT2D eigenvalue weighted by molar-refractivity contribution is -0.121. The molecule has 136 valence electrons. The zero-order valence-electron chi connectivity index (χ0n) is 14.1. The molecule has 0 aliphatic carbocycles. The van der Waals surface area contributed by atoms with Crippen LogP contribution in [0.3, 0.4) is 0 Å². The molecular formula is C17H27ClN2O3S. The highest BCUT2D eigenvalue weighted by atomic mass is 35.5. The normalized spacial score (nSPS) is 15.5. The molecule has 0 bridgehead atoms. The SMILES string of the molecule is CS(=O)(=O)Cc1ccccc1CNC(=O)CCC1CCNCC1.Cl. The first kappa shape index (κ1) is 20.9. The van der Waals surface area contributed by atoms with Crippen molar-refractivity contribution >= 4 is 28.2 Å². The smallest absolute Gasteiger partial charge is 0.220 e. The summed E-state index contributed by atoms with van der Waals surface area (Å²) in [6, 6.07) is 7.36. The lowest BCUT2D eigenvalue weighted by Crippen LogP contribution is -2.29. The van der Waals surface area contributed by atoms with Crippen LogP contribution in [0.1, 0.15) is 36.8 Å². The Morgan fingerprint density at radius 1 is 1.21 bits per heavy atom. The van der Waals surface area contributed by atoms with Crippen LogP contribution in [0.5, 0.6) is 0 Å². The van der Waals surface area contributed by atoms with Crippen LogP contribution in [0.15, 0.2) is 24.3 Å². The van der Waals surface area contributed by atoms with Gasteiger partial charge in [0, 0.05) is 19.2 Å². The fourth-order valence-corrected chi connectivity index (χ4v) is 3.79. The van der Waals surface area contributed by atoms with Crippen LogP contribution >= 0.6 is 12.4 Å². The van der Waals surface area contributed by atoms with Crippen molar-refractivity contribution in [1.29, 1.82) is 0 Å². The molecule has 1 amide bonds. The molecule has 1 aliphatic heterocycles. The topological polar surface area (TPSA) is 75.3 Å². The van der Waals surface area contributed by atoms with E-state index in [9.17, 15) is 13.2 Å². The highest BCUT2D eigenvalue weighted by Gasteiger charge is 2.15. The molecule has 1 aromatic carbocycles. The van der Waals surface area contributed by atoms with E-state index in [1.165, 1.54) is 6.26 Å². The third-order valence-corrected chi connectivity index (χ3v) is 5.09. The Hall–Kier alpha value is -1.11. The van der Waals surface area contributed by atoms with E-state index in [4.69, 9.17) is 0 Å². The molecule has 1 heterocycles. The predicted molar refractivity (Wildman–Crippen MR) is 98.9 cm³/mol. The molecule has 1 fully saturated rings. The number of carbonyl (C=O) groups excluding carboxylic acids is 1. The number of sulfone groups is 1. The highest BCUT2D eigenvalue weighted by Crippen LogP contribution is 2.17. The van der Waals surface area contributed by atoms with Crippen molar-refractivity contribution in [3.8, 4) is 0 Å². The molecule has 0 unspecified atom stereocenters. The Morgan fingerprint density at radius 2 is 1.83 bits per heavy atom. The van der Waals surface area contributed by atoms with Crippen LogP contribution in [0.2, 0.25) is 0 Å². The molecular weight excluding hydrogens is 348 g/mol. The molecule has 1 aliphatic rings. The van der Waals surface area contributed by atoms with Crippen LogP contribution in [-0.4, -0.2) is 33.7 Å². The molecule has 24 heavy (non-hydrogen) atoms. The van der Waals surface area contributed by atoms with Crippen LogP contribution in [-0.2, 0) is 26.9 Å². The Kier molecular flexibility index (Phi) is 8.73. The van der Waals surface area contributed by atoms with Crippen molar-refractivity contribution in [3.63, 3.8) is 0 Å². The summed E-state index contributed by atoms with van der Waals surface area (Å²) < 4.78 is 23.0. The molecule has 1 aromatic rings. The van der Waals surface area contributed by atoms with Crippen molar-refractivity contribution < 1.29 is 13.2 Å². The molecule has 0 radical (unpaired) electrons. The predicted octanol–water partition coefficient (Wildman–Crippen LogP) is 2.05. The Balaban J connectivity index is 0.00000288. The number of piperidine rings is 1. The first-order valence-electron chi connectivity index (χ1n) is 8.16. The lowest BCUT2D eigenvalue weighted by atomic mass is 9.93. The Labute approximate surface area is 150 Å². The standard InChI is InChI=1S/C17H26N2O3S.ClH/c1-23(21,22)13-16-5-3-2-4-15(16)12-19-17(20)7-6-14-8-10-18-11-9-14;/h2-5,14,18H,6-13H2,1H3,(H,19,20);1H. The van der Waals surface area contributed by atoms with Gasteiger partial charge in [0.2, 0.25) is 5.91 Å². The summed E-state index contributed by atoms with van der Waals surface area (Å²) in [7, 11) is -3.08. The number of halogens is 1. The number of carbonyl (C=O) groups is 1. The highest BCUT2D eigenvalue weighted by molar-refractivity contribution is 7.89. The first-order valence-corrected chi connectivity index (χ1v) is 10.2. The third kappa shape index (κ3) is 7.64. The van der Waals surface area contributed by atoms with Gasteiger partial charge in [-0.2, -0.15) is 0 Å². The summed E-state index contributed by atoms with van der Waals surface area (Å²) in [6.45, 7) is 2.48. The van der Waals surface area contributed by atoms with Crippen molar-refractivity contribution in [2.45, 2.75) is 38.0 Å². The zero-order valence-corrected chi connectivity index (χ0v) is 15.7. The summed E-state index contributed by atoms with van der Waals surface area (Å²) in [5, 5.41) is 6.24.